The number of rotatable bonds is 5. The molecule has 0 aliphatic carbocycles. The van der Waals surface area contributed by atoms with Gasteiger partial charge in [-0.3, -0.25) is 0 Å². The van der Waals surface area contributed by atoms with Crippen LogP contribution in [0.3, 0.4) is 0 Å². The maximum Gasteiger partial charge on any atom is 0.131 e. The predicted octanol–water partition coefficient (Wildman–Crippen LogP) is 1.29. The highest BCUT2D eigenvalue weighted by Gasteiger charge is 1.95. The monoisotopic (exact) mass is 184 g/mol. The standard InChI is InChI=1S/C8H13FN4/c1-2-10-7-5-8(11-4-3-9)13-6-12-7/h5-6H,2-4H2,1H3,(H2,10,11,12,13). The topological polar surface area (TPSA) is 49.8 Å². The summed E-state index contributed by atoms with van der Waals surface area (Å²) in [5.74, 6) is 1.39. The molecular formula is C8H13FN4. The first-order valence-electron chi connectivity index (χ1n) is 4.22. The summed E-state index contributed by atoms with van der Waals surface area (Å²) in [6.07, 6.45) is 1.44. The molecule has 1 aromatic heterocycles. The van der Waals surface area contributed by atoms with E-state index >= 15 is 0 Å². The molecule has 1 aromatic rings. The Morgan fingerprint density at radius 3 is 2.62 bits per heavy atom. The summed E-state index contributed by atoms with van der Waals surface area (Å²) < 4.78 is 11.8. The van der Waals surface area contributed by atoms with Crippen molar-refractivity contribution in [1.82, 2.24) is 9.97 Å². The van der Waals surface area contributed by atoms with Crippen LogP contribution in [0.2, 0.25) is 0 Å². The molecule has 0 fully saturated rings. The van der Waals surface area contributed by atoms with Crippen molar-refractivity contribution in [3.8, 4) is 0 Å². The summed E-state index contributed by atoms with van der Waals surface area (Å²) in [4.78, 5) is 7.91. The van der Waals surface area contributed by atoms with Gasteiger partial charge in [-0.1, -0.05) is 0 Å². The van der Waals surface area contributed by atoms with Gasteiger partial charge in [0.2, 0.25) is 0 Å². The maximum absolute atomic E-state index is 11.8. The first-order chi connectivity index (χ1) is 6.36. The Hall–Kier alpha value is -1.39. The molecule has 0 radical (unpaired) electrons. The quantitative estimate of drug-likeness (QED) is 0.724. The molecule has 0 unspecified atom stereocenters. The van der Waals surface area contributed by atoms with E-state index in [0.717, 1.165) is 12.4 Å². The largest absolute Gasteiger partial charge is 0.370 e. The van der Waals surface area contributed by atoms with E-state index in [9.17, 15) is 4.39 Å². The molecule has 0 amide bonds. The number of alkyl halides is 1. The van der Waals surface area contributed by atoms with Gasteiger partial charge in [0.25, 0.3) is 0 Å². The van der Waals surface area contributed by atoms with Crippen LogP contribution in [0.4, 0.5) is 16.0 Å². The van der Waals surface area contributed by atoms with Gasteiger partial charge in [0.15, 0.2) is 0 Å². The van der Waals surface area contributed by atoms with Gasteiger partial charge in [-0.25, -0.2) is 14.4 Å². The van der Waals surface area contributed by atoms with E-state index in [1.54, 1.807) is 6.07 Å². The Morgan fingerprint density at radius 1 is 1.31 bits per heavy atom. The van der Waals surface area contributed by atoms with Crippen LogP contribution in [0.1, 0.15) is 6.92 Å². The molecule has 0 aromatic carbocycles. The van der Waals surface area contributed by atoms with E-state index in [1.165, 1.54) is 6.33 Å². The summed E-state index contributed by atoms with van der Waals surface area (Å²) in [5.41, 5.74) is 0. The number of halogens is 1. The fourth-order valence-corrected chi connectivity index (χ4v) is 0.907. The van der Waals surface area contributed by atoms with Crippen molar-refractivity contribution in [2.75, 3.05) is 30.4 Å². The van der Waals surface area contributed by atoms with Gasteiger partial charge in [-0.05, 0) is 6.92 Å². The van der Waals surface area contributed by atoms with Gasteiger partial charge in [-0.15, -0.1) is 0 Å². The zero-order valence-corrected chi connectivity index (χ0v) is 7.55. The Morgan fingerprint density at radius 2 is 2.00 bits per heavy atom. The number of hydrogen-bond acceptors (Lipinski definition) is 4. The Balaban J connectivity index is 2.56. The van der Waals surface area contributed by atoms with Gasteiger partial charge in [0.05, 0.1) is 0 Å². The zero-order valence-electron chi connectivity index (χ0n) is 7.55. The molecule has 5 heteroatoms. The molecule has 0 aliphatic rings. The number of nitrogens with zero attached hydrogens (tertiary/aromatic N) is 2. The average Bonchev–Trinajstić information content (AvgIpc) is 2.16. The molecule has 13 heavy (non-hydrogen) atoms. The highest BCUT2D eigenvalue weighted by atomic mass is 19.1. The van der Waals surface area contributed by atoms with E-state index in [2.05, 4.69) is 20.6 Å². The van der Waals surface area contributed by atoms with Crippen LogP contribution < -0.4 is 10.6 Å². The Bertz CT molecular complexity index is 254. The van der Waals surface area contributed by atoms with Crippen molar-refractivity contribution in [2.24, 2.45) is 0 Å². The van der Waals surface area contributed by atoms with E-state index in [1.807, 2.05) is 6.92 Å². The van der Waals surface area contributed by atoms with Crippen molar-refractivity contribution in [3.63, 3.8) is 0 Å². The first kappa shape index (κ1) is 9.70. The van der Waals surface area contributed by atoms with Crippen LogP contribution in [-0.4, -0.2) is 29.7 Å². The fraction of sp³-hybridized carbons (Fsp3) is 0.500. The van der Waals surface area contributed by atoms with Crippen molar-refractivity contribution in [1.29, 1.82) is 0 Å². The molecule has 0 saturated carbocycles. The predicted molar refractivity (Wildman–Crippen MR) is 50.7 cm³/mol. The molecule has 1 rings (SSSR count). The first-order valence-corrected chi connectivity index (χ1v) is 4.22. The molecule has 0 spiro atoms. The second-order valence-corrected chi connectivity index (χ2v) is 2.43. The molecule has 2 N–H and O–H groups in total. The van der Waals surface area contributed by atoms with E-state index in [0.29, 0.717) is 5.82 Å². The molecular weight excluding hydrogens is 171 g/mol. The molecule has 0 aliphatic heterocycles. The van der Waals surface area contributed by atoms with Crippen molar-refractivity contribution in [3.05, 3.63) is 12.4 Å². The van der Waals surface area contributed by atoms with Crippen LogP contribution >= 0.6 is 0 Å². The van der Waals surface area contributed by atoms with Gasteiger partial charge >= 0.3 is 0 Å². The van der Waals surface area contributed by atoms with Crippen LogP contribution in [0.25, 0.3) is 0 Å². The zero-order chi connectivity index (χ0) is 9.52. The smallest absolute Gasteiger partial charge is 0.131 e. The fourth-order valence-electron chi connectivity index (χ4n) is 0.907. The van der Waals surface area contributed by atoms with Crippen LogP contribution in [0.5, 0.6) is 0 Å². The van der Waals surface area contributed by atoms with Gasteiger partial charge in [0.1, 0.15) is 24.6 Å². The third kappa shape index (κ3) is 3.23. The number of anilines is 2. The van der Waals surface area contributed by atoms with Crippen molar-refractivity contribution < 1.29 is 4.39 Å². The minimum atomic E-state index is -0.402. The van der Waals surface area contributed by atoms with Crippen LogP contribution in [0.15, 0.2) is 12.4 Å². The third-order valence-electron chi connectivity index (χ3n) is 1.43. The van der Waals surface area contributed by atoms with Gasteiger partial charge < -0.3 is 10.6 Å². The van der Waals surface area contributed by atoms with Gasteiger partial charge in [0, 0.05) is 19.2 Å². The summed E-state index contributed by atoms with van der Waals surface area (Å²) in [6, 6.07) is 1.75. The van der Waals surface area contributed by atoms with Crippen LogP contribution in [-0.2, 0) is 0 Å². The summed E-state index contributed by atoms with van der Waals surface area (Å²) >= 11 is 0. The average molecular weight is 184 g/mol. The Kier molecular flexibility index (Phi) is 3.95. The maximum atomic E-state index is 11.8. The van der Waals surface area contributed by atoms with E-state index in [4.69, 9.17) is 0 Å². The lowest BCUT2D eigenvalue weighted by Crippen LogP contribution is -2.06. The molecule has 1 heterocycles. The van der Waals surface area contributed by atoms with E-state index < -0.39 is 6.67 Å². The normalized spacial score (nSPS) is 9.69. The molecule has 4 nitrogen and oxygen atoms in total. The van der Waals surface area contributed by atoms with Crippen LogP contribution in [0, 0.1) is 0 Å². The summed E-state index contributed by atoms with van der Waals surface area (Å²) in [7, 11) is 0. The minimum absolute atomic E-state index is 0.280. The minimum Gasteiger partial charge on any atom is -0.370 e. The molecule has 0 saturated heterocycles. The summed E-state index contributed by atoms with van der Waals surface area (Å²) in [5, 5.41) is 5.87. The molecule has 0 bridgehead atoms. The molecule has 0 atom stereocenters. The second-order valence-electron chi connectivity index (χ2n) is 2.43. The lowest BCUT2D eigenvalue weighted by molar-refractivity contribution is 0.512. The third-order valence-corrected chi connectivity index (χ3v) is 1.43. The lowest BCUT2D eigenvalue weighted by atomic mass is 10.5. The molecule has 72 valence electrons. The van der Waals surface area contributed by atoms with Crippen molar-refractivity contribution in [2.45, 2.75) is 6.92 Å². The lowest BCUT2D eigenvalue weighted by Gasteiger charge is -2.05. The SMILES string of the molecule is CCNc1cc(NCCF)ncn1. The number of aromatic nitrogens is 2. The highest BCUT2D eigenvalue weighted by Crippen LogP contribution is 2.07. The number of nitrogens with one attached hydrogen (secondary N) is 2. The van der Waals surface area contributed by atoms with Crippen molar-refractivity contribution >= 4 is 11.6 Å². The van der Waals surface area contributed by atoms with Gasteiger partial charge in [-0.2, -0.15) is 0 Å². The second kappa shape index (κ2) is 5.29. The summed E-state index contributed by atoms with van der Waals surface area (Å²) in [6.45, 7) is 2.67. The highest BCUT2D eigenvalue weighted by molar-refractivity contribution is 5.46. The Labute approximate surface area is 76.6 Å². The van der Waals surface area contributed by atoms with E-state index in [-0.39, 0.29) is 6.54 Å². The number of hydrogen-bond donors (Lipinski definition) is 2.